The van der Waals surface area contributed by atoms with Gasteiger partial charge in [-0.2, -0.15) is 0 Å². The molecule has 17 heavy (non-hydrogen) atoms. The summed E-state index contributed by atoms with van der Waals surface area (Å²) < 4.78 is 0. The number of rotatable bonds is 4. The molecule has 1 rings (SSSR count). The van der Waals surface area contributed by atoms with E-state index in [0.29, 0.717) is 0 Å². The molecule has 0 unspecified atom stereocenters. The first-order valence-electron chi connectivity index (χ1n) is 6.14. The average molecular weight is 250 g/mol. The van der Waals surface area contributed by atoms with Crippen molar-refractivity contribution in [3.63, 3.8) is 0 Å². The van der Waals surface area contributed by atoms with Crippen molar-refractivity contribution >= 4 is 23.0 Å². The SMILES string of the molecule is CCCCNC(=S)N(C)c1cc(C)cc(C)c1. The second-order valence-electron chi connectivity index (χ2n) is 4.49. The van der Waals surface area contributed by atoms with Crippen molar-refractivity contribution in [1.82, 2.24) is 5.32 Å². The number of hydrogen-bond acceptors (Lipinski definition) is 1. The quantitative estimate of drug-likeness (QED) is 0.651. The molecule has 0 bridgehead atoms. The van der Waals surface area contributed by atoms with E-state index in [1.54, 1.807) is 0 Å². The van der Waals surface area contributed by atoms with Crippen LogP contribution in [0.5, 0.6) is 0 Å². The highest BCUT2D eigenvalue weighted by atomic mass is 32.1. The van der Waals surface area contributed by atoms with Crippen LogP contribution in [-0.4, -0.2) is 18.7 Å². The highest BCUT2D eigenvalue weighted by Gasteiger charge is 2.06. The molecule has 3 heteroatoms. The molecule has 0 radical (unpaired) electrons. The minimum atomic E-state index is 0.795. The number of anilines is 1. The molecule has 0 aromatic heterocycles. The molecule has 2 nitrogen and oxygen atoms in total. The maximum absolute atomic E-state index is 5.37. The van der Waals surface area contributed by atoms with Gasteiger partial charge in [-0.1, -0.05) is 19.4 Å². The van der Waals surface area contributed by atoms with Crippen LogP contribution in [-0.2, 0) is 0 Å². The number of nitrogens with zero attached hydrogens (tertiary/aromatic N) is 1. The molecule has 0 saturated heterocycles. The fourth-order valence-electron chi connectivity index (χ4n) is 1.75. The predicted molar refractivity (Wildman–Crippen MR) is 79.8 cm³/mol. The van der Waals surface area contributed by atoms with Gasteiger partial charge in [0.25, 0.3) is 0 Å². The molecule has 0 aliphatic heterocycles. The zero-order valence-corrected chi connectivity index (χ0v) is 12.0. The maximum atomic E-state index is 5.37. The summed E-state index contributed by atoms with van der Waals surface area (Å²) in [6.45, 7) is 7.35. The van der Waals surface area contributed by atoms with Gasteiger partial charge in [0.05, 0.1) is 0 Å². The van der Waals surface area contributed by atoms with Crippen molar-refractivity contribution < 1.29 is 0 Å². The largest absolute Gasteiger partial charge is 0.362 e. The van der Waals surface area contributed by atoms with Crippen LogP contribution in [0.2, 0.25) is 0 Å². The zero-order chi connectivity index (χ0) is 12.8. The Hall–Kier alpha value is -1.09. The van der Waals surface area contributed by atoms with Crippen molar-refractivity contribution in [3.05, 3.63) is 29.3 Å². The molecule has 0 saturated carbocycles. The number of benzene rings is 1. The fourth-order valence-corrected chi connectivity index (χ4v) is 1.96. The zero-order valence-electron chi connectivity index (χ0n) is 11.2. The summed E-state index contributed by atoms with van der Waals surface area (Å²) >= 11 is 5.37. The lowest BCUT2D eigenvalue weighted by Crippen LogP contribution is -2.37. The Kier molecular flexibility index (Phi) is 5.42. The van der Waals surface area contributed by atoms with E-state index in [-0.39, 0.29) is 0 Å². The summed E-state index contributed by atoms with van der Waals surface area (Å²) in [5.41, 5.74) is 3.68. The summed E-state index contributed by atoms with van der Waals surface area (Å²) in [5, 5.41) is 4.07. The van der Waals surface area contributed by atoms with Crippen molar-refractivity contribution in [2.24, 2.45) is 0 Å². The lowest BCUT2D eigenvalue weighted by atomic mass is 10.1. The normalized spacial score (nSPS) is 10.1. The van der Waals surface area contributed by atoms with Gasteiger partial charge in [-0.25, -0.2) is 0 Å². The van der Waals surface area contributed by atoms with Gasteiger partial charge in [-0.15, -0.1) is 0 Å². The van der Waals surface area contributed by atoms with Gasteiger partial charge in [0.2, 0.25) is 0 Å². The van der Waals surface area contributed by atoms with Crippen LogP contribution >= 0.6 is 12.2 Å². The Labute approximate surface area is 110 Å². The van der Waals surface area contributed by atoms with Gasteiger partial charge in [0, 0.05) is 19.3 Å². The van der Waals surface area contributed by atoms with E-state index < -0.39 is 0 Å². The maximum Gasteiger partial charge on any atom is 0.173 e. The third kappa shape index (κ3) is 4.35. The summed E-state index contributed by atoms with van der Waals surface area (Å²) in [7, 11) is 2.01. The molecule has 0 amide bonds. The molecule has 1 aromatic carbocycles. The summed E-state index contributed by atoms with van der Waals surface area (Å²) in [6.07, 6.45) is 2.34. The number of aryl methyl sites for hydroxylation is 2. The lowest BCUT2D eigenvalue weighted by Gasteiger charge is -2.22. The van der Waals surface area contributed by atoms with Crippen LogP contribution in [0.15, 0.2) is 18.2 Å². The smallest absolute Gasteiger partial charge is 0.173 e. The van der Waals surface area contributed by atoms with Crippen LogP contribution in [0.3, 0.4) is 0 Å². The van der Waals surface area contributed by atoms with Gasteiger partial charge in [-0.3, -0.25) is 0 Å². The Bertz CT molecular complexity index is 368. The molecule has 0 aliphatic carbocycles. The minimum absolute atomic E-state index is 0.795. The molecular formula is C14H22N2S. The van der Waals surface area contributed by atoms with E-state index in [1.165, 1.54) is 17.5 Å². The van der Waals surface area contributed by atoms with Crippen LogP contribution < -0.4 is 10.2 Å². The highest BCUT2D eigenvalue weighted by Crippen LogP contribution is 2.17. The number of unbranched alkanes of at least 4 members (excludes halogenated alkanes) is 1. The lowest BCUT2D eigenvalue weighted by molar-refractivity contribution is 0.754. The van der Waals surface area contributed by atoms with Crippen LogP contribution in [0, 0.1) is 13.8 Å². The van der Waals surface area contributed by atoms with E-state index in [0.717, 1.165) is 23.8 Å². The number of nitrogens with one attached hydrogen (secondary N) is 1. The summed E-state index contributed by atoms with van der Waals surface area (Å²) in [6, 6.07) is 6.48. The Morgan fingerprint density at radius 3 is 2.35 bits per heavy atom. The van der Waals surface area contributed by atoms with Gasteiger partial charge >= 0.3 is 0 Å². The van der Waals surface area contributed by atoms with Crippen molar-refractivity contribution in [1.29, 1.82) is 0 Å². The summed E-state index contributed by atoms with van der Waals surface area (Å²) in [5.74, 6) is 0. The van der Waals surface area contributed by atoms with Gasteiger partial charge in [-0.05, 0) is 55.7 Å². The second-order valence-corrected chi connectivity index (χ2v) is 4.88. The topological polar surface area (TPSA) is 15.3 Å². The third-order valence-electron chi connectivity index (χ3n) is 2.70. The molecule has 0 fully saturated rings. The molecule has 0 atom stereocenters. The van der Waals surface area contributed by atoms with Gasteiger partial charge in [0.1, 0.15) is 0 Å². The fraction of sp³-hybridized carbons (Fsp3) is 0.500. The minimum Gasteiger partial charge on any atom is -0.362 e. The van der Waals surface area contributed by atoms with Crippen LogP contribution in [0.25, 0.3) is 0 Å². The van der Waals surface area contributed by atoms with E-state index in [1.807, 2.05) is 11.9 Å². The summed E-state index contributed by atoms with van der Waals surface area (Å²) in [4.78, 5) is 2.03. The van der Waals surface area contributed by atoms with Crippen LogP contribution in [0.4, 0.5) is 5.69 Å². The highest BCUT2D eigenvalue weighted by molar-refractivity contribution is 7.80. The second kappa shape index (κ2) is 6.60. The van der Waals surface area contributed by atoms with Crippen molar-refractivity contribution in [2.75, 3.05) is 18.5 Å². The van der Waals surface area contributed by atoms with Crippen LogP contribution in [0.1, 0.15) is 30.9 Å². The first kappa shape index (κ1) is 14.0. The monoisotopic (exact) mass is 250 g/mol. The molecule has 94 valence electrons. The number of thiocarbonyl (C=S) groups is 1. The number of hydrogen-bond donors (Lipinski definition) is 1. The standard InChI is InChI=1S/C14H22N2S/c1-5-6-7-15-14(17)16(4)13-9-11(2)8-12(3)10-13/h8-10H,5-7H2,1-4H3,(H,15,17). The predicted octanol–water partition coefficient (Wildman–Crippen LogP) is 3.41. The van der Waals surface area contributed by atoms with Gasteiger partial charge in [0.15, 0.2) is 5.11 Å². The first-order valence-corrected chi connectivity index (χ1v) is 6.55. The molecule has 0 spiro atoms. The average Bonchev–Trinajstić information content (AvgIpc) is 2.27. The third-order valence-corrected chi connectivity index (χ3v) is 3.12. The Morgan fingerprint density at radius 1 is 1.24 bits per heavy atom. The van der Waals surface area contributed by atoms with E-state index >= 15 is 0 Å². The van der Waals surface area contributed by atoms with Crippen molar-refractivity contribution in [3.8, 4) is 0 Å². The first-order chi connectivity index (χ1) is 8.04. The van der Waals surface area contributed by atoms with Crippen molar-refractivity contribution in [2.45, 2.75) is 33.6 Å². The van der Waals surface area contributed by atoms with E-state index in [2.05, 4.69) is 44.3 Å². The molecule has 1 aromatic rings. The van der Waals surface area contributed by atoms with E-state index in [9.17, 15) is 0 Å². The molecule has 1 N–H and O–H groups in total. The molecule has 0 heterocycles. The Morgan fingerprint density at radius 2 is 1.82 bits per heavy atom. The van der Waals surface area contributed by atoms with E-state index in [4.69, 9.17) is 12.2 Å². The Balaban J connectivity index is 2.67. The molecule has 0 aliphatic rings. The van der Waals surface area contributed by atoms with Gasteiger partial charge < -0.3 is 10.2 Å². The molecular weight excluding hydrogens is 228 g/mol.